The Hall–Kier alpha value is -3.37. The summed E-state index contributed by atoms with van der Waals surface area (Å²) in [6, 6.07) is 26.1. The van der Waals surface area contributed by atoms with E-state index in [1.807, 2.05) is 50.2 Å². The van der Waals surface area contributed by atoms with Crippen LogP contribution in [0.5, 0.6) is 0 Å². The van der Waals surface area contributed by atoms with Crippen LogP contribution in [0.3, 0.4) is 0 Å². The van der Waals surface area contributed by atoms with E-state index in [0.717, 1.165) is 11.1 Å². The van der Waals surface area contributed by atoms with E-state index in [1.54, 1.807) is 31.2 Å². The Balaban J connectivity index is 1.93. The van der Waals surface area contributed by atoms with Crippen molar-refractivity contribution in [3.8, 4) is 6.07 Å². The number of esters is 1. The van der Waals surface area contributed by atoms with Crippen molar-refractivity contribution in [1.82, 2.24) is 0 Å². The molecule has 0 saturated heterocycles. The van der Waals surface area contributed by atoms with Gasteiger partial charge in [0.1, 0.15) is 5.60 Å². The number of rotatable bonds is 7. The predicted molar refractivity (Wildman–Crippen MR) is 182 cm³/mol. The molecule has 1 aliphatic rings. The number of ketones is 1. The largest absolute Gasteiger partial charge is 0.465 e. The number of aliphatic hydroxyl groups is 1. The molecule has 9 heteroatoms. The number of hydrogen-bond donors (Lipinski definition) is 1. The molecule has 0 aliphatic heterocycles. The molecule has 5 rings (SSSR count). The smallest absolute Gasteiger partial charge is 0.327 e. The van der Waals surface area contributed by atoms with Gasteiger partial charge in [0.15, 0.2) is 11.2 Å². The summed E-state index contributed by atoms with van der Waals surface area (Å²) in [4.78, 5) is 29.4. The van der Waals surface area contributed by atoms with Crippen molar-refractivity contribution in [1.29, 1.82) is 5.26 Å². The van der Waals surface area contributed by atoms with Gasteiger partial charge in [-0.1, -0.05) is 112 Å². The van der Waals surface area contributed by atoms with Crippen molar-refractivity contribution in [2.75, 3.05) is 6.61 Å². The van der Waals surface area contributed by atoms with Gasteiger partial charge in [0, 0.05) is 38.0 Å². The number of Topliss-reactive ketones (excluding diaryl/α,β-unsaturated/α-hetero) is 1. The van der Waals surface area contributed by atoms with Gasteiger partial charge in [-0.05, 0) is 68.7 Å². The molecule has 1 saturated carbocycles. The van der Waals surface area contributed by atoms with Crippen molar-refractivity contribution in [3.63, 3.8) is 0 Å². The zero-order chi connectivity index (χ0) is 33.4. The van der Waals surface area contributed by atoms with E-state index in [0.29, 0.717) is 21.2 Å². The lowest BCUT2D eigenvalue weighted by atomic mass is 9.47. The first kappa shape index (κ1) is 34.0. The molecule has 0 bridgehead atoms. The lowest BCUT2D eigenvalue weighted by Crippen LogP contribution is -2.59. The zero-order valence-electron chi connectivity index (χ0n) is 25.4. The highest BCUT2D eigenvalue weighted by Crippen LogP contribution is 2.64. The highest BCUT2D eigenvalue weighted by molar-refractivity contribution is 6.37. The second-order valence-electron chi connectivity index (χ2n) is 11.8. The van der Waals surface area contributed by atoms with Gasteiger partial charge in [0.25, 0.3) is 0 Å². The van der Waals surface area contributed by atoms with Gasteiger partial charge in [0.2, 0.25) is 0 Å². The first-order chi connectivity index (χ1) is 21.9. The maximum absolute atomic E-state index is 15.0. The van der Waals surface area contributed by atoms with Crippen LogP contribution in [0.4, 0.5) is 0 Å². The molecule has 236 valence electrons. The molecule has 1 aliphatic carbocycles. The van der Waals surface area contributed by atoms with E-state index in [4.69, 9.17) is 51.1 Å². The molecule has 5 atom stereocenters. The number of benzene rings is 4. The molecule has 0 aromatic heterocycles. The van der Waals surface area contributed by atoms with Gasteiger partial charge in [-0.2, -0.15) is 5.26 Å². The number of aryl methyl sites for hydroxylation is 2. The molecule has 1 fully saturated rings. The summed E-state index contributed by atoms with van der Waals surface area (Å²) in [7, 11) is 0. The molecule has 4 aromatic carbocycles. The molecule has 46 heavy (non-hydrogen) atoms. The summed E-state index contributed by atoms with van der Waals surface area (Å²) >= 11 is 25.9. The average molecular weight is 695 g/mol. The summed E-state index contributed by atoms with van der Waals surface area (Å²) in [5.74, 6) is -5.00. The van der Waals surface area contributed by atoms with Crippen LogP contribution in [-0.4, -0.2) is 23.5 Å². The Morgan fingerprint density at radius 1 is 0.848 bits per heavy atom. The third-order valence-electron chi connectivity index (χ3n) is 8.99. The first-order valence-corrected chi connectivity index (χ1v) is 16.3. The number of carbonyl (C=O) groups is 2. The van der Waals surface area contributed by atoms with E-state index >= 15 is 4.79 Å². The number of halogens is 4. The van der Waals surface area contributed by atoms with Gasteiger partial charge in [0.05, 0.1) is 23.6 Å². The van der Waals surface area contributed by atoms with Gasteiger partial charge in [-0.15, -0.1) is 0 Å². The van der Waals surface area contributed by atoms with Gasteiger partial charge >= 0.3 is 5.97 Å². The van der Waals surface area contributed by atoms with Crippen LogP contribution in [-0.2, 0) is 15.1 Å². The third kappa shape index (κ3) is 5.94. The molecule has 0 amide bonds. The third-order valence-corrected chi connectivity index (χ3v) is 10.1. The fourth-order valence-corrected chi connectivity index (χ4v) is 7.89. The molecule has 1 N–H and O–H groups in total. The number of nitriles is 1. The van der Waals surface area contributed by atoms with Gasteiger partial charge in [-0.25, -0.2) is 0 Å². The van der Waals surface area contributed by atoms with Crippen molar-refractivity contribution in [3.05, 3.63) is 138 Å². The fourth-order valence-electron chi connectivity index (χ4n) is 6.82. The van der Waals surface area contributed by atoms with Crippen LogP contribution in [0, 0.1) is 36.5 Å². The molecular formula is C37H31Cl4NO4. The maximum Gasteiger partial charge on any atom is 0.327 e. The summed E-state index contributed by atoms with van der Waals surface area (Å²) in [5, 5.41) is 25.3. The minimum Gasteiger partial charge on any atom is -0.465 e. The van der Waals surface area contributed by atoms with Crippen LogP contribution in [0.25, 0.3) is 0 Å². The lowest BCUT2D eigenvalue weighted by Gasteiger charge is -2.54. The molecule has 5 nitrogen and oxygen atoms in total. The van der Waals surface area contributed by atoms with Crippen molar-refractivity contribution in [2.24, 2.45) is 11.3 Å². The highest BCUT2D eigenvalue weighted by atomic mass is 35.5. The monoisotopic (exact) mass is 693 g/mol. The number of carbonyl (C=O) groups excluding carboxylic acids is 2. The number of ether oxygens (including phenoxy) is 1. The first-order valence-electron chi connectivity index (χ1n) is 14.8. The molecular weight excluding hydrogens is 664 g/mol. The summed E-state index contributed by atoms with van der Waals surface area (Å²) < 4.78 is 5.67. The van der Waals surface area contributed by atoms with Crippen molar-refractivity contribution < 1.29 is 19.4 Å². The minimum atomic E-state index is -2.03. The van der Waals surface area contributed by atoms with Crippen LogP contribution in [0.15, 0.2) is 84.9 Å². The van der Waals surface area contributed by atoms with Gasteiger partial charge < -0.3 is 9.84 Å². The van der Waals surface area contributed by atoms with E-state index in [2.05, 4.69) is 6.07 Å². The Bertz CT molecular complexity index is 1840. The molecule has 5 unspecified atom stereocenters. The second kappa shape index (κ2) is 13.4. The Morgan fingerprint density at radius 3 is 1.91 bits per heavy atom. The predicted octanol–water partition coefficient (Wildman–Crippen LogP) is 9.65. The normalized spacial score (nSPS) is 24.2. The van der Waals surface area contributed by atoms with E-state index < -0.39 is 40.5 Å². The average Bonchev–Trinajstić information content (AvgIpc) is 3.01. The van der Waals surface area contributed by atoms with Crippen LogP contribution >= 0.6 is 46.4 Å². The molecule has 0 radical (unpaired) electrons. The minimum absolute atomic E-state index is 0.00158. The standard InChI is InChI=1S/C37H31Cl4NO4/c1-4-46-35(44)36(20-42)29(23-9-5-21(2)6-10-23)19-37(45,28-16-14-26(39)18-31(28)41)33(32(36)24-11-7-22(3)8-12-24)34(43)27-15-13-25(38)17-30(27)40/h5-18,29,32-33,45H,4,19H2,1-3H3. The molecule has 0 spiro atoms. The number of hydrogen-bond acceptors (Lipinski definition) is 5. The van der Waals surface area contributed by atoms with Gasteiger partial charge in [-0.3, -0.25) is 9.59 Å². The topological polar surface area (TPSA) is 87.4 Å². The van der Waals surface area contributed by atoms with Crippen molar-refractivity contribution >= 4 is 58.2 Å². The van der Waals surface area contributed by atoms with Crippen LogP contribution < -0.4 is 0 Å². The second-order valence-corrected chi connectivity index (χ2v) is 13.5. The summed E-state index contributed by atoms with van der Waals surface area (Å²) in [6.45, 7) is 5.49. The quantitative estimate of drug-likeness (QED) is 0.154. The highest BCUT2D eigenvalue weighted by Gasteiger charge is 2.68. The summed E-state index contributed by atoms with van der Waals surface area (Å²) in [5.41, 5.74) is -0.694. The van der Waals surface area contributed by atoms with Crippen LogP contribution in [0.1, 0.15) is 63.4 Å². The Labute approximate surface area is 288 Å². The summed E-state index contributed by atoms with van der Waals surface area (Å²) in [6.07, 6.45) is -0.228. The maximum atomic E-state index is 15.0. The zero-order valence-corrected chi connectivity index (χ0v) is 28.4. The molecule has 4 aromatic rings. The SMILES string of the molecule is CCOC(=O)C1(C#N)C(c2ccc(C)cc2)CC(O)(c2ccc(Cl)cc2Cl)C(C(=O)c2ccc(Cl)cc2Cl)C1c1ccc(C)cc1. The molecule has 0 heterocycles. The van der Waals surface area contributed by atoms with E-state index in [1.165, 1.54) is 24.3 Å². The number of nitrogens with zero attached hydrogens (tertiary/aromatic N) is 1. The Morgan fingerprint density at radius 2 is 1.39 bits per heavy atom. The van der Waals surface area contributed by atoms with E-state index in [-0.39, 0.29) is 34.2 Å². The van der Waals surface area contributed by atoms with Crippen LogP contribution in [0.2, 0.25) is 20.1 Å². The fraction of sp³-hybridized carbons (Fsp3) is 0.270. The van der Waals surface area contributed by atoms with Crippen molar-refractivity contribution in [2.45, 2.75) is 44.6 Å². The van der Waals surface area contributed by atoms with E-state index in [9.17, 15) is 15.2 Å². The Kier molecular flexibility index (Phi) is 9.89. The lowest BCUT2D eigenvalue weighted by molar-refractivity contribution is -0.164.